The van der Waals surface area contributed by atoms with E-state index in [4.69, 9.17) is 0 Å². The number of halogens is 6. The molecule has 30 heavy (non-hydrogen) atoms. The molecule has 2 N–H and O–H groups in total. The van der Waals surface area contributed by atoms with E-state index in [1.807, 2.05) is 5.32 Å². The molecule has 160 valence electrons. The first-order valence-corrected chi connectivity index (χ1v) is 7.92. The van der Waals surface area contributed by atoms with Crippen LogP contribution < -0.4 is 10.6 Å². The summed E-state index contributed by atoms with van der Waals surface area (Å²) in [6, 6.07) is 5.73. The highest BCUT2D eigenvalue weighted by Gasteiger charge is 2.37. The van der Waals surface area contributed by atoms with E-state index in [1.165, 1.54) is 24.3 Å². The van der Waals surface area contributed by atoms with Gasteiger partial charge in [0.25, 0.3) is 0 Å². The number of hydrogen-bond acceptors (Lipinski definition) is 4. The zero-order chi connectivity index (χ0) is 22.7. The Kier molecular flexibility index (Phi) is 6.38. The van der Waals surface area contributed by atoms with E-state index >= 15 is 0 Å². The molecule has 0 saturated carbocycles. The average Bonchev–Trinajstić information content (AvgIpc) is 2.66. The summed E-state index contributed by atoms with van der Waals surface area (Å²) in [5.74, 6) is -3.83. The molecule has 2 aromatic rings. The van der Waals surface area contributed by atoms with Crippen LogP contribution in [0.25, 0.3) is 0 Å². The first-order valence-electron chi connectivity index (χ1n) is 7.92. The molecule has 0 saturated heterocycles. The summed E-state index contributed by atoms with van der Waals surface area (Å²) < 4.78 is 81.7. The van der Waals surface area contributed by atoms with Crippen LogP contribution in [-0.4, -0.2) is 24.9 Å². The van der Waals surface area contributed by atoms with Gasteiger partial charge < -0.3 is 15.4 Å². The Morgan fingerprint density at radius 2 is 1.30 bits per heavy atom. The zero-order valence-corrected chi connectivity index (χ0v) is 14.9. The van der Waals surface area contributed by atoms with Crippen LogP contribution >= 0.6 is 0 Å². The number of hydrogen-bond donors (Lipinski definition) is 2. The highest BCUT2D eigenvalue weighted by atomic mass is 19.4. The summed E-state index contributed by atoms with van der Waals surface area (Å²) in [6.45, 7) is 0. The number of benzene rings is 2. The molecule has 0 aliphatic rings. The number of carbonyl (C=O) groups is 3. The van der Waals surface area contributed by atoms with Gasteiger partial charge in [-0.25, -0.2) is 4.79 Å². The van der Waals surface area contributed by atoms with E-state index in [0.29, 0.717) is 0 Å². The number of methoxy groups -OCH3 is 1. The number of para-hydroxylation sites is 1. The van der Waals surface area contributed by atoms with E-state index < -0.39 is 47.0 Å². The topological polar surface area (TPSA) is 84.5 Å². The second kappa shape index (κ2) is 8.43. The molecule has 2 rings (SSSR count). The van der Waals surface area contributed by atoms with Gasteiger partial charge in [0.05, 0.1) is 29.5 Å². The second-order valence-corrected chi connectivity index (χ2v) is 5.74. The Morgan fingerprint density at radius 1 is 0.800 bits per heavy atom. The van der Waals surface area contributed by atoms with Crippen LogP contribution in [0.1, 0.15) is 21.5 Å². The molecular weight excluding hydrogens is 422 g/mol. The van der Waals surface area contributed by atoms with Crippen LogP contribution in [0.2, 0.25) is 0 Å². The van der Waals surface area contributed by atoms with E-state index in [2.05, 4.69) is 4.74 Å². The van der Waals surface area contributed by atoms with E-state index in [0.717, 1.165) is 7.11 Å². The summed E-state index contributed by atoms with van der Waals surface area (Å²) in [5, 5.41) is 3.72. The Labute approximate surface area is 164 Å². The predicted octanol–water partition coefficient (Wildman–Crippen LogP) is 4.09. The fourth-order valence-electron chi connectivity index (χ4n) is 2.27. The summed E-state index contributed by atoms with van der Waals surface area (Å²) in [7, 11) is 1.07. The summed E-state index contributed by atoms with van der Waals surface area (Å²) in [4.78, 5) is 35.7. The molecule has 6 nitrogen and oxygen atoms in total. The van der Waals surface area contributed by atoms with Crippen molar-refractivity contribution in [1.29, 1.82) is 0 Å². The monoisotopic (exact) mass is 434 g/mol. The summed E-state index contributed by atoms with van der Waals surface area (Å²) in [6.07, 6.45) is -10.2. The fraction of sp³-hybridized carbons (Fsp3) is 0.167. The lowest BCUT2D eigenvalue weighted by molar-refractivity contribution is -0.143. The maximum Gasteiger partial charge on any atom is 0.416 e. The quantitative estimate of drug-likeness (QED) is 0.433. The van der Waals surface area contributed by atoms with Gasteiger partial charge >= 0.3 is 30.1 Å². The Hall–Kier alpha value is -3.57. The highest BCUT2D eigenvalue weighted by Crippen LogP contribution is 2.37. The van der Waals surface area contributed by atoms with Gasteiger partial charge in [0.2, 0.25) is 0 Å². The number of nitrogens with one attached hydrogen (secondary N) is 2. The van der Waals surface area contributed by atoms with Gasteiger partial charge in [0.1, 0.15) is 0 Å². The predicted molar refractivity (Wildman–Crippen MR) is 91.5 cm³/mol. The van der Waals surface area contributed by atoms with Crippen molar-refractivity contribution in [3.63, 3.8) is 0 Å². The van der Waals surface area contributed by atoms with Crippen LogP contribution in [0.3, 0.4) is 0 Å². The van der Waals surface area contributed by atoms with E-state index in [1.54, 1.807) is 5.32 Å². The SMILES string of the molecule is COC(=O)c1ccccc1NC(=O)C(=O)Nc1cc(C(F)(F)F)cc(C(F)(F)F)c1. The number of esters is 1. The van der Waals surface area contributed by atoms with Crippen molar-refractivity contribution in [2.24, 2.45) is 0 Å². The molecule has 0 aliphatic carbocycles. The van der Waals surface area contributed by atoms with Gasteiger partial charge in [0, 0.05) is 5.69 Å². The lowest BCUT2D eigenvalue weighted by Gasteiger charge is -2.15. The minimum absolute atomic E-state index is 0.123. The molecule has 0 unspecified atom stereocenters. The molecular formula is C18H12F6N2O4. The maximum absolute atomic E-state index is 12.9. The lowest BCUT2D eigenvalue weighted by Crippen LogP contribution is -2.30. The maximum atomic E-state index is 12.9. The number of carbonyl (C=O) groups excluding carboxylic acids is 3. The fourth-order valence-corrected chi connectivity index (χ4v) is 2.27. The first-order chi connectivity index (χ1) is 13.8. The van der Waals surface area contributed by atoms with Crippen molar-refractivity contribution < 1.29 is 45.5 Å². The molecule has 0 atom stereocenters. The minimum Gasteiger partial charge on any atom is -0.465 e. The third-order valence-electron chi connectivity index (χ3n) is 3.63. The molecule has 0 heterocycles. The zero-order valence-electron chi connectivity index (χ0n) is 14.9. The second-order valence-electron chi connectivity index (χ2n) is 5.74. The van der Waals surface area contributed by atoms with Gasteiger partial charge in [-0.2, -0.15) is 26.3 Å². The third-order valence-corrected chi connectivity index (χ3v) is 3.63. The summed E-state index contributed by atoms with van der Waals surface area (Å²) in [5.41, 5.74) is -4.49. The minimum atomic E-state index is -5.12. The van der Waals surface area contributed by atoms with Gasteiger partial charge in [0.15, 0.2) is 0 Å². The molecule has 0 fully saturated rings. The number of rotatable bonds is 3. The Balaban J connectivity index is 2.28. The number of ether oxygens (including phenoxy) is 1. The van der Waals surface area contributed by atoms with Crippen LogP contribution in [0.15, 0.2) is 42.5 Å². The van der Waals surface area contributed by atoms with Gasteiger partial charge in [-0.05, 0) is 30.3 Å². The first kappa shape index (κ1) is 22.7. The molecule has 0 aliphatic heterocycles. The average molecular weight is 434 g/mol. The van der Waals surface area contributed by atoms with Crippen molar-refractivity contribution in [2.45, 2.75) is 12.4 Å². The summed E-state index contributed by atoms with van der Waals surface area (Å²) >= 11 is 0. The third kappa shape index (κ3) is 5.49. The van der Waals surface area contributed by atoms with Crippen molar-refractivity contribution in [3.8, 4) is 0 Å². The molecule has 2 aromatic carbocycles. The van der Waals surface area contributed by atoms with Crippen LogP contribution in [0, 0.1) is 0 Å². The van der Waals surface area contributed by atoms with Crippen LogP contribution in [0.4, 0.5) is 37.7 Å². The van der Waals surface area contributed by atoms with Gasteiger partial charge in [-0.1, -0.05) is 12.1 Å². The van der Waals surface area contributed by atoms with Crippen molar-refractivity contribution in [3.05, 3.63) is 59.2 Å². The molecule has 12 heteroatoms. The van der Waals surface area contributed by atoms with Gasteiger partial charge in [-0.15, -0.1) is 0 Å². The van der Waals surface area contributed by atoms with Crippen molar-refractivity contribution in [2.75, 3.05) is 17.7 Å². The molecule has 0 bridgehead atoms. The van der Waals surface area contributed by atoms with Crippen LogP contribution in [-0.2, 0) is 26.7 Å². The number of amides is 2. The number of alkyl halides is 6. The highest BCUT2D eigenvalue weighted by molar-refractivity contribution is 6.44. The van der Waals surface area contributed by atoms with Crippen LogP contribution in [0.5, 0.6) is 0 Å². The lowest BCUT2D eigenvalue weighted by atomic mass is 10.1. The van der Waals surface area contributed by atoms with Crippen molar-refractivity contribution >= 4 is 29.2 Å². The molecule has 0 radical (unpaired) electrons. The molecule has 2 amide bonds. The molecule has 0 spiro atoms. The Morgan fingerprint density at radius 3 is 1.80 bits per heavy atom. The standard InChI is InChI=1S/C18H12F6N2O4/c1-30-16(29)12-4-2-3-5-13(12)26-15(28)14(27)25-11-7-9(17(19,20)21)6-10(8-11)18(22,23)24/h2-8H,1H3,(H,25,27)(H,26,28). The van der Waals surface area contributed by atoms with Gasteiger partial charge in [-0.3, -0.25) is 9.59 Å². The van der Waals surface area contributed by atoms with Crippen molar-refractivity contribution in [1.82, 2.24) is 0 Å². The Bertz CT molecular complexity index is 953. The van der Waals surface area contributed by atoms with E-state index in [9.17, 15) is 40.7 Å². The molecule has 0 aromatic heterocycles. The number of anilines is 2. The largest absolute Gasteiger partial charge is 0.465 e. The smallest absolute Gasteiger partial charge is 0.416 e. The normalized spacial score (nSPS) is 11.6. The van der Waals surface area contributed by atoms with E-state index in [-0.39, 0.29) is 29.4 Å².